The lowest BCUT2D eigenvalue weighted by atomic mass is 9.96. The summed E-state index contributed by atoms with van der Waals surface area (Å²) in [5.41, 5.74) is 1.78. The SMILES string of the molecule is Cc1ccnc(Nc2cccc(-c3cnc(N4CCC(c5n[nH]c(=O)[nH]5)CC4)s3)n2)c1. The molecule has 4 aromatic heterocycles. The first-order chi connectivity index (χ1) is 15.1. The molecule has 0 spiro atoms. The fraction of sp³-hybridized carbons (Fsp3) is 0.286. The van der Waals surface area contributed by atoms with Crippen molar-refractivity contribution in [3.63, 3.8) is 0 Å². The molecule has 0 amide bonds. The molecule has 0 saturated carbocycles. The fourth-order valence-electron chi connectivity index (χ4n) is 3.73. The van der Waals surface area contributed by atoms with Gasteiger partial charge in [-0.15, -0.1) is 0 Å². The highest BCUT2D eigenvalue weighted by atomic mass is 32.1. The molecule has 4 aromatic rings. The number of H-pyrrole nitrogens is 2. The molecule has 1 aliphatic rings. The molecular formula is C21H22N8OS. The number of rotatable bonds is 5. The van der Waals surface area contributed by atoms with Crippen molar-refractivity contribution in [1.82, 2.24) is 30.1 Å². The minimum Gasteiger partial charge on any atom is -0.348 e. The molecule has 0 bridgehead atoms. The van der Waals surface area contributed by atoms with Crippen LogP contribution in [0.3, 0.4) is 0 Å². The van der Waals surface area contributed by atoms with Gasteiger partial charge in [0.1, 0.15) is 17.5 Å². The summed E-state index contributed by atoms with van der Waals surface area (Å²) in [5.74, 6) is 2.55. The third-order valence-electron chi connectivity index (χ3n) is 5.34. The summed E-state index contributed by atoms with van der Waals surface area (Å²) in [4.78, 5) is 31.1. The van der Waals surface area contributed by atoms with Gasteiger partial charge in [-0.3, -0.25) is 4.98 Å². The van der Waals surface area contributed by atoms with Crippen LogP contribution in [0.15, 0.2) is 47.5 Å². The van der Waals surface area contributed by atoms with Crippen LogP contribution in [-0.4, -0.2) is 43.2 Å². The van der Waals surface area contributed by atoms with Crippen molar-refractivity contribution in [2.24, 2.45) is 0 Å². The number of thiazole rings is 1. The molecule has 158 valence electrons. The molecule has 1 saturated heterocycles. The Labute approximate surface area is 182 Å². The number of hydrogen-bond acceptors (Lipinski definition) is 8. The summed E-state index contributed by atoms with van der Waals surface area (Å²) in [6.45, 7) is 3.79. The second-order valence-corrected chi connectivity index (χ2v) is 8.59. The predicted octanol–water partition coefficient (Wildman–Crippen LogP) is 3.45. The lowest BCUT2D eigenvalue weighted by Gasteiger charge is -2.30. The molecule has 0 unspecified atom stereocenters. The minimum absolute atomic E-state index is 0.246. The Balaban J connectivity index is 1.27. The maximum absolute atomic E-state index is 11.3. The Kier molecular flexibility index (Phi) is 5.21. The van der Waals surface area contributed by atoms with E-state index in [4.69, 9.17) is 4.98 Å². The summed E-state index contributed by atoms with van der Waals surface area (Å²) in [5, 5.41) is 10.8. The number of hydrogen-bond donors (Lipinski definition) is 3. The lowest BCUT2D eigenvalue weighted by Crippen LogP contribution is -2.33. The summed E-state index contributed by atoms with van der Waals surface area (Å²) >= 11 is 1.64. The van der Waals surface area contributed by atoms with Crippen molar-refractivity contribution >= 4 is 28.1 Å². The van der Waals surface area contributed by atoms with Crippen molar-refractivity contribution in [1.29, 1.82) is 0 Å². The summed E-state index contributed by atoms with van der Waals surface area (Å²) in [7, 11) is 0. The average molecular weight is 435 g/mol. The van der Waals surface area contributed by atoms with E-state index in [1.165, 1.54) is 0 Å². The molecule has 5 heterocycles. The normalized spacial score (nSPS) is 14.7. The van der Waals surface area contributed by atoms with E-state index in [2.05, 4.69) is 35.4 Å². The van der Waals surface area contributed by atoms with Gasteiger partial charge in [-0.05, 0) is 49.6 Å². The highest BCUT2D eigenvalue weighted by Gasteiger charge is 2.24. The monoisotopic (exact) mass is 434 g/mol. The van der Waals surface area contributed by atoms with Crippen LogP contribution in [0, 0.1) is 6.92 Å². The van der Waals surface area contributed by atoms with Crippen LogP contribution in [0.4, 0.5) is 16.8 Å². The van der Waals surface area contributed by atoms with E-state index < -0.39 is 0 Å². The Morgan fingerprint density at radius 3 is 2.81 bits per heavy atom. The zero-order chi connectivity index (χ0) is 21.2. The Hall–Kier alpha value is -3.53. The van der Waals surface area contributed by atoms with Gasteiger partial charge in [-0.2, -0.15) is 5.10 Å². The van der Waals surface area contributed by atoms with Crippen LogP contribution in [0.25, 0.3) is 10.6 Å². The Bertz CT molecular complexity index is 1240. The number of aryl methyl sites for hydroxylation is 1. The Morgan fingerprint density at radius 1 is 1.16 bits per heavy atom. The first kappa shape index (κ1) is 19.4. The number of nitrogens with zero attached hydrogens (tertiary/aromatic N) is 5. The maximum atomic E-state index is 11.3. The average Bonchev–Trinajstić information content (AvgIpc) is 3.44. The molecule has 31 heavy (non-hydrogen) atoms. The highest BCUT2D eigenvalue weighted by Crippen LogP contribution is 2.34. The lowest BCUT2D eigenvalue weighted by molar-refractivity contribution is 0.486. The molecule has 0 aliphatic carbocycles. The molecule has 0 radical (unpaired) electrons. The number of piperidine rings is 1. The van der Waals surface area contributed by atoms with Crippen molar-refractivity contribution in [3.8, 4) is 10.6 Å². The van der Waals surface area contributed by atoms with Gasteiger partial charge >= 0.3 is 5.69 Å². The minimum atomic E-state index is -0.246. The number of anilines is 3. The van der Waals surface area contributed by atoms with Crippen molar-refractivity contribution in [2.45, 2.75) is 25.7 Å². The maximum Gasteiger partial charge on any atom is 0.340 e. The third-order valence-corrected chi connectivity index (χ3v) is 6.42. The van der Waals surface area contributed by atoms with Crippen LogP contribution < -0.4 is 15.9 Å². The standard InChI is InChI=1S/C21H22N8OS/c1-13-5-8-22-18(11-13)25-17-4-2-3-15(24-17)16-12-23-21(31-16)29-9-6-14(7-10-29)19-26-20(30)28-27-19/h2-5,8,11-12,14H,6-7,9-10H2,1H3,(H,22,24,25)(H2,26,27,28,30). The van der Waals surface area contributed by atoms with Crippen molar-refractivity contribution < 1.29 is 0 Å². The van der Waals surface area contributed by atoms with Crippen LogP contribution >= 0.6 is 11.3 Å². The quantitative estimate of drug-likeness (QED) is 0.441. The summed E-state index contributed by atoms with van der Waals surface area (Å²) in [6, 6.07) is 9.86. The second kappa shape index (κ2) is 8.31. The van der Waals surface area contributed by atoms with E-state index in [1.54, 1.807) is 17.5 Å². The van der Waals surface area contributed by atoms with Gasteiger partial charge in [0.15, 0.2) is 5.13 Å². The third kappa shape index (κ3) is 4.33. The van der Waals surface area contributed by atoms with Gasteiger partial charge in [0.2, 0.25) is 0 Å². The van der Waals surface area contributed by atoms with Gasteiger partial charge < -0.3 is 10.2 Å². The van der Waals surface area contributed by atoms with E-state index in [-0.39, 0.29) is 11.6 Å². The number of aromatic amines is 2. The molecule has 0 aromatic carbocycles. The van der Waals surface area contributed by atoms with E-state index in [0.717, 1.165) is 64.7 Å². The van der Waals surface area contributed by atoms with E-state index in [9.17, 15) is 4.79 Å². The number of pyridine rings is 2. The van der Waals surface area contributed by atoms with Crippen LogP contribution in [0.1, 0.15) is 30.1 Å². The molecular weight excluding hydrogens is 412 g/mol. The molecule has 0 atom stereocenters. The zero-order valence-electron chi connectivity index (χ0n) is 17.0. The largest absolute Gasteiger partial charge is 0.348 e. The van der Waals surface area contributed by atoms with Crippen molar-refractivity contribution in [2.75, 3.05) is 23.3 Å². The molecule has 5 rings (SSSR count). The predicted molar refractivity (Wildman–Crippen MR) is 121 cm³/mol. The van der Waals surface area contributed by atoms with Gasteiger partial charge in [0.05, 0.1) is 10.6 Å². The van der Waals surface area contributed by atoms with Crippen LogP contribution in [0.2, 0.25) is 0 Å². The van der Waals surface area contributed by atoms with Crippen molar-refractivity contribution in [3.05, 3.63) is 64.6 Å². The molecule has 10 heteroatoms. The van der Waals surface area contributed by atoms with E-state index in [1.807, 2.05) is 43.5 Å². The van der Waals surface area contributed by atoms with Gasteiger partial charge in [-0.25, -0.2) is 24.8 Å². The highest BCUT2D eigenvalue weighted by molar-refractivity contribution is 7.18. The number of nitrogens with one attached hydrogen (secondary N) is 3. The Morgan fingerprint density at radius 2 is 2.03 bits per heavy atom. The van der Waals surface area contributed by atoms with Crippen LogP contribution in [-0.2, 0) is 0 Å². The smallest absolute Gasteiger partial charge is 0.340 e. The first-order valence-corrected chi connectivity index (χ1v) is 11.0. The van der Waals surface area contributed by atoms with Crippen LogP contribution in [0.5, 0.6) is 0 Å². The zero-order valence-corrected chi connectivity index (χ0v) is 17.8. The van der Waals surface area contributed by atoms with E-state index in [0.29, 0.717) is 0 Å². The van der Waals surface area contributed by atoms with Gasteiger partial charge in [0.25, 0.3) is 0 Å². The molecule has 3 N–H and O–H groups in total. The van der Waals surface area contributed by atoms with Gasteiger partial charge in [-0.1, -0.05) is 17.4 Å². The topological polar surface area (TPSA) is 115 Å². The molecule has 1 aliphatic heterocycles. The molecule has 9 nitrogen and oxygen atoms in total. The molecule has 1 fully saturated rings. The fourth-order valence-corrected chi connectivity index (χ4v) is 4.67. The van der Waals surface area contributed by atoms with E-state index >= 15 is 0 Å². The number of aromatic nitrogens is 6. The second-order valence-electron chi connectivity index (χ2n) is 7.58. The summed E-state index contributed by atoms with van der Waals surface area (Å²) < 4.78 is 0. The summed E-state index contributed by atoms with van der Waals surface area (Å²) in [6.07, 6.45) is 5.52. The van der Waals surface area contributed by atoms with Gasteiger partial charge in [0, 0.05) is 31.4 Å². The first-order valence-electron chi connectivity index (χ1n) is 10.2.